The normalized spacial score (nSPS) is 15.7. The molecule has 1 aliphatic rings. The molecular formula is C21H23ClN4O8. The molecule has 34 heavy (non-hydrogen) atoms. The first-order chi connectivity index (χ1) is 16.2. The topological polar surface area (TPSA) is 173 Å². The summed E-state index contributed by atoms with van der Waals surface area (Å²) in [5.41, 5.74) is -1.55. The molecule has 13 heteroatoms. The molecule has 1 unspecified atom stereocenters. The molecule has 0 bridgehead atoms. The highest BCUT2D eigenvalue weighted by molar-refractivity contribution is 6.30. The second-order valence-electron chi connectivity index (χ2n) is 7.60. The average Bonchev–Trinajstić information content (AvgIpc) is 3.32. The fourth-order valence-electron chi connectivity index (χ4n) is 3.63. The number of carbonyl (C=O) groups excluding carboxylic acids is 3. The van der Waals surface area contributed by atoms with E-state index in [-0.39, 0.29) is 40.6 Å². The van der Waals surface area contributed by atoms with E-state index in [1.165, 1.54) is 30.3 Å². The number of nitrogens with zero attached hydrogens (tertiary/aromatic N) is 1. The number of esters is 1. The minimum atomic E-state index is -1.39. The first-order valence-electron chi connectivity index (χ1n) is 10.3. The number of aliphatic hydroxyl groups excluding tert-OH is 1. The van der Waals surface area contributed by atoms with Crippen molar-refractivity contribution < 1.29 is 33.6 Å². The van der Waals surface area contributed by atoms with Gasteiger partial charge in [0.25, 0.3) is 11.6 Å². The van der Waals surface area contributed by atoms with Crippen LogP contribution in [0.4, 0.5) is 5.69 Å². The van der Waals surface area contributed by atoms with Crippen LogP contribution in [0.25, 0.3) is 11.3 Å². The fourth-order valence-corrected chi connectivity index (χ4v) is 3.79. The van der Waals surface area contributed by atoms with E-state index in [9.17, 15) is 29.6 Å². The van der Waals surface area contributed by atoms with Crippen molar-refractivity contribution in [1.29, 1.82) is 0 Å². The van der Waals surface area contributed by atoms with Gasteiger partial charge in [-0.1, -0.05) is 11.6 Å². The van der Waals surface area contributed by atoms with Crippen molar-refractivity contribution in [2.45, 2.75) is 24.4 Å². The number of benzene rings is 1. The van der Waals surface area contributed by atoms with Gasteiger partial charge < -0.3 is 30.2 Å². The van der Waals surface area contributed by atoms with Crippen LogP contribution in [0.3, 0.4) is 0 Å². The van der Waals surface area contributed by atoms with Crippen molar-refractivity contribution in [3.63, 3.8) is 0 Å². The van der Waals surface area contributed by atoms with Crippen LogP contribution in [0.2, 0.25) is 5.02 Å². The van der Waals surface area contributed by atoms with E-state index in [0.29, 0.717) is 13.1 Å². The number of amides is 2. The van der Waals surface area contributed by atoms with Crippen LogP contribution in [0.1, 0.15) is 23.4 Å². The first kappa shape index (κ1) is 25.1. The molecule has 0 spiro atoms. The van der Waals surface area contributed by atoms with Crippen molar-refractivity contribution >= 4 is 35.1 Å². The molecule has 1 saturated heterocycles. The van der Waals surface area contributed by atoms with Crippen LogP contribution in [0.5, 0.6) is 0 Å². The maximum atomic E-state index is 13.1. The summed E-state index contributed by atoms with van der Waals surface area (Å²) in [4.78, 5) is 48.6. The van der Waals surface area contributed by atoms with Crippen molar-refractivity contribution in [3.8, 4) is 11.3 Å². The molecule has 4 N–H and O–H groups in total. The number of methoxy groups -OCH3 is 1. The predicted octanol–water partition coefficient (Wildman–Crippen LogP) is 1.01. The number of piperidine rings is 1. The van der Waals surface area contributed by atoms with E-state index in [4.69, 9.17) is 16.0 Å². The van der Waals surface area contributed by atoms with E-state index in [1.54, 1.807) is 0 Å². The molecular weight excluding hydrogens is 472 g/mol. The van der Waals surface area contributed by atoms with Gasteiger partial charge in [-0.2, -0.15) is 0 Å². The van der Waals surface area contributed by atoms with Crippen molar-refractivity contribution in [2.75, 3.05) is 26.8 Å². The zero-order valence-corrected chi connectivity index (χ0v) is 18.9. The summed E-state index contributed by atoms with van der Waals surface area (Å²) in [5.74, 6) is -2.31. The smallest absolute Gasteiger partial charge is 0.330 e. The van der Waals surface area contributed by atoms with Crippen LogP contribution >= 0.6 is 11.6 Å². The molecule has 0 saturated carbocycles. The van der Waals surface area contributed by atoms with Crippen molar-refractivity contribution in [3.05, 3.63) is 51.2 Å². The minimum Gasteiger partial charge on any atom is -0.467 e. The number of ether oxygens (including phenoxy) is 1. The van der Waals surface area contributed by atoms with Crippen LogP contribution in [-0.2, 0) is 14.3 Å². The van der Waals surface area contributed by atoms with E-state index in [2.05, 4.69) is 20.7 Å². The number of hydrogen-bond acceptors (Lipinski definition) is 9. The summed E-state index contributed by atoms with van der Waals surface area (Å²) in [6.45, 7) is 0.147. The molecule has 0 aliphatic carbocycles. The Labute approximate surface area is 198 Å². The van der Waals surface area contributed by atoms with Crippen LogP contribution < -0.4 is 16.0 Å². The van der Waals surface area contributed by atoms with Crippen LogP contribution in [0.15, 0.2) is 34.7 Å². The second kappa shape index (κ2) is 10.6. The average molecular weight is 495 g/mol. The number of furan rings is 1. The van der Waals surface area contributed by atoms with E-state index in [1.807, 2.05) is 0 Å². The third-order valence-electron chi connectivity index (χ3n) is 5.47. The molecule has 1 atom stereocenters. The van der Waals surface area contributed by atoms with Gasteiger partial charge in [0.2, 0.25) is 5.91 Å². The highest BCUT2D eigenvalue weighted by Gasteiger charge is 2.43. The largest absolute Gasteiger partial charge is 0.467 e. The minimum absolute atomic E-state index is 0.0726. The van der Waals surface area contributed by atoms with Gasteiger partial charge in [-0.3, -0.25) is 19.7 Å². The number of rotatable bonds is 8. The first-order valence-corrected chi connectivity index (χ1v) is 10.7. The molecule has 1 aliphatic heterocycles. The van der Waals surface area contributed by atoms with Gasteiger partial charge in [-0.05, 0) is 50.2 Å². The Morgan fingerprint density at radius 3 is 2.62 bits per heavy atom. The Bertz CT molecular complexity index is 1100. The van der Waals surface area contributed by atoms with Gasteiger partial charge in [-0.25, -0.2) is 4.79 Å². The third kappa shape index (κ3) is 5.35. The number of nitro benzene ring substituents is 1. The number of aliphatic hydroxyl groups is 1. The van der Waals surface area contributed by atoms with Gasteiger partial charge >= 0.3 is 5.97 Å². The Morgan fingerprint density at radius 1 is 1.29 bits per heavy atom. The molecule has 1 aromatic heterocycles. The Kier molecular flexibility index (Phi) is 7.87. The standard InChI is InChI=1S/C21H23ClN4O8/c1-33-19(29)14(11-27)24-20(30)21(6-8-23-9-7-21)25-18(28)17-5-4-16(34-17)13-3-2-12(22)10-15(13)26(31)32/h2-5,10,14,23,27H,6-9,11H2,1H3,(H,24,30)(H,25,28). The van der Waals surface area contributed by atoms with Crippen molar-refractivity contribution in [2.24, 2.45) is 0 Å². The number of halogens is 1. The summed E-state index contributed by atoms with van der Waals surface area (Å²) < 4.78 is 10.1. The van der Waals surface area contributed by atoms with E-state index in [0.717, 1.165) is 7.11 Å². The number of nitro groups is 1. The number of nitrogens with one attached hydrogen (secondary N) is 3. The predicted molar refractivity (Wildman–Crippen MR) is 119 cm³/mol. The number of carbonyl (C=O) groups is 3. The lowest BCUT2D eigenvalue weighted by Crippen LogP contribution is -2.65. The van der Waals surface area contributed by atoms with Gasteiger partial charge in [0.15, 0.2) is 11.8 Å². The molecule has 0 radical (unpaired) electrons. The van der Waals surface area contributed by atoms with Gasteiger partial charge in [0.1, 0.15) is 11.3 Å². The highest BCUT2D eigenvalue weighted by atomic mass is 35.5. The molecule has 1 fully saturated rings. The lowest BCUT2D eigenvalue weighted by Gasteiger charge is -2.37. The molecule has 2 amide bonds. The maximum absolute atomic E-state index is 13.1. The lowest BCUT2D eigenvalue weighted by atomic mass is 9.86. The van der Waals surface area contributed by atoms with Gasteiger partial charge in [0, 0.05) is 11.1 Å². The van der Waals surface area contributed by atoms with Crippen LogP contribution in [-0.4, -0.2) is 66.2 Å². The fraction of sp³-hybridized carbons (Fsp3) is 0.381. The highest BCUT2D eigenvalue weighted by Crippen LogP contribution is 2.33. The maximum Gasteiger partial charge on any atom is 0.330 e. The third-order valence-corrected chi connectivity index (χ3v) is 5.70. The molecule has 2 heterocycles. The summed E-state index contributed by atoms with van der Waals surface area (Å²) in [7, 11) is 1.12. The second-order valence-corrected chi connectivity index (χ2v) is 8.04. The summed E-state index contributed by atoms with van der Waals surface area (Å²) in [6, 6.07) is 5.48. The molecule has 12 nitrogen and oxygen atoms in total. The Morgan fingerprint density at radius 2 is 2.00 bits per heavy atom. The Balaban J connectivity index is 1.84. The summed E-state index contributed by atoms with van der Waals surface area (Å²) in [5, 5.41) is 29.1. The lowest BCUT2D eigenvalue weighted by molar-refractivity contribution is -0.384. The molecule has 182 valence electrons. The zero-order chi connectivity index (χ0) is 24.9. The number of hydrogen-bond donors (Lipinski definition) is 4. The molecule has 2 aromatic rings. The Hall–Kier alpha value is -3.48. The molecule has 1 aromatic carbocycles. The van der Waals surface area contributed by atoms with E-state index >= 15 is 0 Å². The quantitative estimate of drug-likeness (QED) is 0.237. The van der Waals surface area contributed by atoms with Crippen molar-refractivity contribution in [1.82, 2.24) is 16.0 Å². The van der Waals surface area contributed by atoms with Gasteiger partial charge in [-0.15, -0.1) is 0 Å². The summed E-state index contributed by atoms with van der Waals surface area (Å²) >= 11 is 5.85. The van der Waals surface area contributed by atoms with E-state index < -0.39 is 40.9 Å². The van der Waals surface area contributed by atoms with Crippen LogP contribution in [0, 0.1) is 10.1 Å². The summed E-state index contributed by atoms with van der Waals surface area (Å²) in [6.07, 6.45) is 0.417. The zero-order valence-electron chi connectivity index (χ0n) is 18.1. The molecule has 3 rings (SSSR count). The monoisotopic (exact) mass is 494 g/mol. The van der Waals surface area contributed by atoms with Gasteiger partial charge in [0.05, 0.1) is 24.2 Å². The SMILES string of the molecule is COC(=O)C(CO)NC(=O)C1(NC(=O)c2ccc(-c3ccc(Cl)cc3[N+](=O)[O-])o2)CCNCC1.